The normalized spacial score (nSPS) is 24.6. The summed E-state index contributed by atoms with van der Waals surface area (Å²) < 4.78 is 35.8. The maximum absolute atomic E-state index is 15.2. The SMILES string of the molecule is CCC1(C)c2cc(F)cc(F)c2-c2cccc[n+]2C1(C=CC[N+]1=NN=NC1c1cccc[n+]1C)CC. The van der Waals surface area contributed by atoms with Gasteiger partial charge in [0.2, 0.25) is 10.9 Å². The third kappa shape index (κ3) is 3.50. The van der Waals surface area contributed by atoms with Crippen molar-refractivity contribution in [1.82, 2.24) is 0 Å². The minimum absolute atomic E-state index is 0.314. The zero-order chi connectivity index (χ0) is 25.5. The first-order valence-corrected chi connectivity index (χ1v) is 12.4. The zero-order valence-electron chi connectivity index (χ0n) is 21.1. The molecule has 2 aromatic heterocycles. The molecule has 0 aliphatic carbocycles. The fourth-order valence-electron chi connectivity index (χ4n) is 5.94. The second-order valence-electron chi connectivity index (χ2n) is 9.66. The van der Waals surface area contributed by atoms with Crippen molar-refractivity contribution in [1.29, 1.82) is 0 Å². The summed E-state index contributed by atoms with van der Waals surface area (Å²) in [4.78, 5) is 0. The van der Waals surface area contributed by atoms with E-state index < -0.39 is 22.6 Å². The smallest absolute Gasteiger partial charge is 0.207 e. The Labute approximate surface area is 209 Å². The molecule has 5 rings (SSSR count). The average molecular weight is 490 g/mol. The second kappa shape index (κ2) is 9.08. The molecule has 4 heterocycles. The molecule has 3 unspecified atom stereocenters. The van der Waals surface area contributed by atoms with Gasteiger partial charge < -0.3 is 0 Å². The quantitative estimate of drug-likeness (QED) is 0.318. The van der Waals surface area contributed by atoms with Crippen LogP contribution in [0.5, 0.6) is 0 Å². The van der Waals surface area contributed by atoms with Gasteiger partial charge in [-0.25, -0.2) is 8.78 Å². The number of aryl methyl sites for hydroxylation is 1. The lowest BCUT2D eigenvalue weighted by Crippen LogP contribution is -2.68. The van der Waals surface area contributed by atoms with Crippen LogP contribution in [0.1, 0.15) is 51.0 Å². The molecular weight excluding hydrogens is 458 g/mol. The third-order valence-corrected chi connectivity index (χ3v) is 8.04. The lowest BCUT2D eigenvalue weighted by atomic mass is 9.59. The number of pyridine rings is 2. The second-order valence-corrected chi connectivity index (χ2v) is 9.66. The number of benzene rings is 1. The number of nitrogens with zero attached hydrogens (tertiary/aromatic N) is 6. The van der Waals surface area contributed by atoms with Gasteiger partial charge in [-0.05, 0) is 49.3 Å². The van der Waals surface area contributed by atoms with E-state index in [-0.39, 0.29) is 6.17 Å². The summed E-state index contributed by atoms with van der Waals surface area (Å²) in [5.74, 6) is -1.09. The molecule has 0 bridgehead atoms. The van der Waals surface area contributed by atoms with E-state index in [9.17, 15) is 4.39 Å². The standard InChI is InChI=1S/C28H31F2N6/c1-5-27(3)21-18-20(29)19-22(30)25(21)23-12-8-10-16-35(23)28(27,6-2)14-11-17-36-26(31-32-33-36)24-13-7-9-15-34(24)4/h7-16,18-19,26H,5-6,17H2,1-4H3/q+3. The lowest BCUT2D eigenvalue weighted by Gasteiger charge is -2.46. The first kappa shape index (κ1) is 24.0. The van der Waals surface area contributed by atoms with Gasteiger partial charge in [-0.3, -0.25) is 0 Å². The van der Waals surface area contributed by atoms with Gasteiger partial charge in [-0.2, -0.15) is 9.13 Å². The largest absolute Gasteiger partial charge is 0.335 e. The van der Waals surface area contributed by atoms with E-state index >= 15 is 4.39 Å². The fourth-order valence-corrected chi connectivity index (χ4v) is 5.94. The molecule has 0 amide bonds. The van der Waals surface area contributed by atoms with Crippen LogP contribution in [0.4, 0.5) is 8.78 Å². The van der Waals surface area contributed by atoms with Crippen molar-refractivity contribution in [2.24, 2.45) is 22.6 Å². The van der Waals surface area contributed by atoms with Crippen LogP contribution in [0, 0.1) is 11.6 Å². The van der Waals surface area contributed by atoms with Gasteiger partial charge in [0.05, 0.1) is 11.0 Å². The molecule has 0 saturated carbocycles. The summed E-state index contributed by atoms with van der Waals surface area (Å²) in [6.45, 7) is 6.80. The van der Waals surface area contributed by atoms with E-state index in [1.165, 1.54) is 6.07 Å². The minimum Gasteiger partial charge on any atom is -0.207 e. The molecule has 3 aromatic rings. The monoisotopic (exact) mass is 489 g/mol. The number of rotatable bonds is 6. The third-order valence-electron chi connectivity index (χ3n) is 8.04. The molecule has 36 heavy (non-hydrogen) atoms. The molecule has 8 heteroatoms. The zero-order valence-corrected chi connectivity index (χ0v) is 21.1. The highest BCUT2D eigenvalue weighted by Gasteiger charge is 2.58. The summed E-state index contributed by atoms with van der Waals surface area (Å²) >= 11 is 0. The first-order chi connectivity index (χ1) is 17.4. The van der Waals surface area contributed by atoms with Crippen LogP contribution in [0.3, 0.4) is 0 Å². The van der Waals surface area contributed by atoms with Crippen LogP contribution >= 0.6 is 0 Å². The van der Waals surface area contributed by atoms with Gasteiger partial charge in [0.15, 0.2) is 23.2 Å². The predicted molar refractivity (Wildman–Crippen MR) is 130 cm³/mol. The molecule has 2 aliphatic heterocycles. The van der Waals surface area contributed by atoms with Crippen LogP contribution in [0.2, 0.25) is 0 Å². The molecule has 0 radical (unpaired) electrons. The van der Waals surface area contributed by atoms with Crippen LogP contribution < -0.4 is 9.13 Å². The maximum atomic E-state index is 15.2. The van der Waals surface area contributed by atoms with Crippen molar-refractivity contribution in [3.05, 3.63) is 96.0 Å². The van der Waals surface area contributed by atoms with Crippen molar-refractivity contribution in [3.63, 3.8) is 0 Å². The van der Waals surface area contributed by atoms with Gasteiger partial charge in [0.25, 0.3) is 5.69 Å². The lowest BCUT2D eigenvalue weighted by molar-refractivity contribution is -0.756. The van der Waals surface area contributed by atoms with E-state index in [0.717, 1.165) is 23.9 Å². The Kier molecular flexibility index (Phi) is 6.06. The molecule has 0 N–H and O–H groups in total. The van der Waals surface area contributed by atoms with Crippen molar-refractivity contribution in [2.45, 2.75) is 50.7 Å². The molecule has 0 spiro atoms. The highest BCUT2D eigenvalue weighted by Crippen LogP contribution is 2.51. The van der Waals surface area contributed by atoms with Crippen LogP contribution in [0.25, 0.3) is 11.3 Å². The van der Waals surface area contributed by atoms with Crippen molar-refractivity contribution in [2.75, 3.05) is 6.54 Å². The summed E-state index contributed by atoms with van der Waals surface area (Å²) in [7, 11) is 1.97. The molecule has 1 aromatic carbocycles. The molecule has 184 valence electrons. The topological polar surface area (TPSA) is 47.9 Å². The Morgan fingerprint density at radius 3 is 2.56 bits per heavy atom. The average Bonchev–Trinajstić information content (AvgIpc) is 3.34. The summed E-state index contributed by atoms with van der Waals surface area (Å²) in [6, 6.07) is 14.2. The van der Waals surface area contributed by atoms with Crippen molar-refractivity contribution in [3.8, 4) is 11.3 Å². The maximum Gasteiger partial charge on any atom is 0.335 e. The fraction of sp³-hybridized carbons (Fsp3) is 0.357. The number of halogens is 2. The van der Waals surface area contributed by atoms with Crippen LogP contribution in [-0.4, -0.2) is 11.2 Å². The molecule has 3 atom stereocenters. The summed E-state index contributed by atoms with van der Waals surface area (Å²) in [5, 5.41) is 12.5. The summed E-state index contributed by atoms with van der Waals surface area (Å²) in [6.07, 6.45) is 9.35. The van der Waals surface area contributed by atoms with E-state index in [4.69, 9.17) is 0 Å². The van der Waals surface area contributed by atoms with E-state index in [1.54, 1.807) is 0 Å². The predicted octanol–water partition coefficient (Wildman–Crippen LogP) is 5.63. The minimum atomic E-state index is -0.558. The molecule has 0 saturated heterocycles. The molecule has 2 aliphatic rings. The Morgan fingerprint density at radius 1 is 1.03 bits per heavy atom. The summed E-state index contributed by atoms with van der Waals surface area (Å²) in [5.41, 5.74) is 1.79. The Bertz CT molecular complexity index is 1410. The van der Waals surface area contributed by atoms with Crippen LogP contribution in [0.15, 0.2) is 88.6 Å². The van der Waals surface area contributed by atoms with Crippen LogP contribution in [-0.2, 0) is 18.0 Å². The van der Waals surface area contributed by atoms with Crippen molar-refractivity contribution >= 4 is 0 Å². The highest BCUT2D eigenvalue weighted by atomic mass is 19.1. The Hall–Kier alpha value is -3.68. The number of fused-ring (bicyclic) bond motifs is 3. The van der Waals surface area contributed by atoms with Gasteiger partial charge in [0.1, 0.15) is 25.2 Å². The first-order valence-electron chi connectivity index (χ1n) is 12.4. The number of hydrogen-bond donors (Lipinski definition) is 0. The number of allylic oxidation sites excluding steroid dienone is 1. The van der Waals surface area contributed by atoms with Crippen molar-refractivity contribution < 1.29 is 22.6 Å². The van der Waals surface area contributed by atoms with Gasteiger partial charge in [-0.1, -0.05) is 13.8 Å². The van der Waals surface area contributed by atoms with E-state index in [1.807, 2.05) is 65.1 Å². The molecule has 0 fully saturated rings. The van der Waals surface area contributed by atoms with E-state index in [0.29, 0.717) is 24.1 Å². The van der Waals surface area contributed by atoms with Gasteiger partial charge in [0, 0.05) is 41.9 Å². The number of aromatic nitrogens is 2. The van der Waals surface area contributed by atoms with E-state index in [2.05, 4.69) is 53.1 Å². The molecule has 6 nitrogen and oxygen atoms in total. The Balaban J connectivity index is 1.59. The number of hydrogen-bond acceptors (Lipinski definition) is 3. The van der Waals surface area contributed by atoms with Gasteiger partial charge in [-0.15, -0.1) is 4.70 Å². The molecular formula is C28H31F2N6+3. The Morgan fingerprint density at radius 2 is 1.81 bits per heavy atom. The highest BCUT2D eigenvalue weighted by molar-refractivity contribution is 5.66. The van der Waals surface area contributed by atoms with Gasteiger partial charge >= 0.3 is 6.17 Å².